The summed E-state index contributed by atoms with van der Waals surface area (Å²) in [6, 6.07) is 13.5. The Labute approximate surface area is 166 Å². The fraction of sp³-hybridized carbons (Fsp3) is 0.0952. The third-order valence-corrected chi connectivity index (χ3v) is 3.97. The van der Waals surface area contributed by atoms with Crippen LogP contribution in [-0.2, 0) is 6.18 Å². The first-order valence-electron chi connectivity index (χ1n) is 8.36. The van der Waals surface area contributed by atoms with Crippen LogP contribution in [0.4, 0.5) is 26.3 Å². The maximum absolute atomic E-state index is 12.6. The number of carbonyl (C=O) groups is 1. The van der Waals surface area contributed by atoms with E-state index >= 15 is 0 Å². The van der Waals surface area contributed by atoms with Gasteiger partial charge in [-0.2, -0.15) is 13.2 Å². The fourth-order valence-electron chi connectivity index (χ4n) is 2.60. The lowest BCUT2D eigenvalue weighted by Gasteiger charge is -2.12. The van der Waals surface area contributed by atoms with Crippen molar-refractivity contribution < 1.29 is 40.6 Å². The van der Waals surface area contributed by atoms with Crippen LogP contribution in [0.5, 0.6) is 17.2 Å². The average Bonchev–Trinajstić information content (AvgIpc) is 2.67. The van der Waals surface area contributed by atoms with Gasteiger partial charge in [-0.1, -0.05) is 18.2 Å². The van der Waals surface area contributed by atoms with Crippen LogP contribution >= 0.6 is 0 Å². The summed E-state index contributed by atoms with van der Waals surface area (Å²) in [6.07, 6.45) is -8.78. The minimum Gasteiger partial charge on any atom is -0.457 e. The van der Waals surface area contributed by atoms with E-state index in [2.05, 4.69) is 4.74 Å². The summed E-state index contributed by atoms with van der Waals surface area (Å²) in [5.41, 5.74) is 0.325. The molecule has 0 unspecified atom stereocenters. The van der Waals surface area contributed by atoms with Crippen molar-refractivity contribution in [1.29, 1.82) is 0 Å². The molecule has 0 aliphatic heterocycles. The van der Waals surface area contributed by atoms with Crippen molar-refractivity contribution in [2.45, 2.75) is 12.5 Å². The SMILES string of the molecule is O=Cc1cc(-c2ccc(OC(F)(F)F)cc2)ccc1Oc1ccc(C(F)(F)F)cc1. The van der Waals surface area contributed by atoms with Crippen molar-refractivity contribution >= 4 is 6.29 Å². The smallest absolute Gasteiger partial charge is 0.457 e. The molecule has 0 aliphatic carbocycles. The van der Waals surface area contributed by atoms with Gasteiger partial charge in [-0.15, -0.1) is 13.2 Å². The highest BCUT2D eigenvalue weighted by Crippen LogP contribution is 2.33. The van der Waals surface area contributed by atoms with Crippen molar-refractivity contribution in [3.63, 3.8) is 0 Å². The maximum Gasteiger partial charge on any atom is 0.573 e. The van der Waals surface area contributed by atoms with E-state index in [0.29, 0.717) is 17.4 Å². The summed E-state index contributed by atoms with van der Waals surface area (Å²) in [7, 11) is 0. The summed E-state index contributed by atoms with van der Waals surface area (Å²) >= 11 is 0. The summed E-state index contributed by atoms with van der Waals surface area (Å²) in [4.78, 5) is 11.4. The van der Waals surface area contributed by atoms with Crippen LogP contribution in [0.3, 0.4) is 0 Å². The van der Waals surface area contributed by atoms with E-state index in [9.17, 15) is 31.1 Å². The molecule has 0 heterocycles. The number of benzene rings is 3. The highest BCUT2D eigenvalue weighted by atomic mass is 19.4. The Morgan fingerprint density at radius 1 is 0.700 bits per heavy atom. The first-order chi connectivity index (χ1) is 14.0. The zero-order valence-corrected chi connectivity index (χ0v) is 14.9. The molecule has 0 radical (unpaired) electrons. The van der Waals surface area contributed by atoms with Gasteiger partial charge in [0.2, 0.25) is 0 Å². The van der Waals surface area contributed by atoms with Crippen molar-refractivity contribution in [1.82, 2.24) is 0 Å². The number of rotatable bonds is 5. The van der Waals surface area contributed by atoms with Gasteiger partial charge in [-0.05, 0) is 59.7 Å². The predicted molar refractivity (Wildman–Crippen MR) is 95.5 cm³/mol. The van der Waals surface area contributed by atoms with Crippen LogP contribution in [-0.4, -0.2) is 12.6 Å². The van der Waals surface area contributed by atoms with Crippen molar-refractivity contribution in [2.75, 3.05) is 0 Å². The maximum atomic E-state index is 12.6. The van der Waals surface area contributed by atoms with Crippen LogP contribution in [0, 0.1) is 0 Å². The largest absolute Gasteiger partial charge is 0.573 e. The molecule has 0 aliphatic rings. The minimum atomic E-state index is -4.80. The molecule has 0 spiro atoms. The second kappa shape index (κ2) is 8.10. The van der Waals surface area contributed by atoms with Crippen molar-refractivity contribution in [3.8, 4) is 28.4 Å². The Morgan fingerprint density at radius 3 is 1.80 bits per heavy atom. The second-order valence-corrected chi connectivity index (χ2v) is 6.07. The highest BCUT2D eigenvalue weighted by Gasteiger charge is 2.31. The molecule has 3 nitrogen and oxygen atoms in total. The molecule has 3 rings (SSSR count). The van der Waals surface area contributed by atoms with Gasteiger partial charge in [0.1, 0.15) is 17.2 Å². The van der Waals surface area contributed by atoms with Gasteiger partial charge in [0, 0.05) is 0 Å². The Balaban J connectivity index is 1.80. The Kier molecular flexibility index (Phi) is 5.73. The molecule has 0 fully saturated rings. The van der Waals surface area contributed by atoms with Gasteiger partial charge < -0.3 is 9.47 Å². The Bertz CT molecular complexity index is 1020. The van der Waals surface area contributed by atoms with Gasteiger partial charge in [0.15, 0.2) is 6.29 Å². The third-order valence-electron chi connectivity index (χ3n) is 3.97. The molecule has 0 saturated carbocycles. The number of hydrogen-bond acceptors (Lipinski definition) is 3. The van der Waals surface area contributed by atoms with E-state index in [4.69, 9.17) is 4.74 Å². The van der Waals surface area contributed by atoms with Crippen LogP contribution in [0.25, 0.3) is 11.1 Å². The normalized spacial score (nSPS) is 11.8. The van der Waals surface area contributed by atoms with E-state index in [0.717, 1.165) is 36.4 Å². The van der Waals surface area contributed by atoms with Gasteiger partial charge in [0.05, 0.1) is 11.1 Å². The molecule has 30 heavy (non-hydrogen) atoms. The second-order valence-electron chi connectivity index (χ2n) is 6.07. The third kappa shape index (κ3) is 5.31. The summed E-state index contributed by atoms with van der Waals surface area (Å²) in [5.74, 6) is -0.165. The quantitative estimate of drug-likeness (QED) is 0.330. The summed E-state index contributed by atoms with van der Waals surface area (Å²) in [6.45, 7) is 0. The molecular weight excluding hydrogens is 414 g/mol. The number of ether oxygens (including phenoxy) is 2. The number of alkyl halides is 6. The molecule has 3 aromatic rings. The lowest BCUT2D eigenvalue weighted by Crippen LogP contribution is -2.16. The zero-order valence-electron chi connectivity index (χ0n) is 14.9. The molecule has 9 heteroatoms. The number of hydrogen-bond donors (Lipinski definition) is 0. The highest BCUT2D eigenvalue weighted by molar-refractivity contribution is 5.83. The van der Waals surface area contributed by atoms with Gasteiger partial charge in [-0.3, -0.25) is 4.79 Å². The number of halogens is 6. The minimum absolute atomic E-state index is 0.104. The molecule has 0 atom stereocenters. The van der Waals surface area contributed by atoms with Gasteiger partial charge >= 0.3 is 12.5 Å². The van der Waals surface area contributed by atoms with Crippen molar-refractivity contribution in [3.05, 3.63) is 77.9 Å². The molecule has 0 aromatic heterocycles. The van der Waals surface area contributed by atoms with Crippen LogP contribution in [0.2, 0.25) is 0 Å². The lowest BCUT2D eigenvalue weighted by molar-refractivity contribution is -0.274. The Hall–Kier alpha value is -3.49. The first kappa shape index (κ1) is 21.2. The monoisotopic (exact) mass is 426 g/mol. The van der Waals surface area contributed by atoms with Gasteiger partial charge in [-0.25, -0.2) is 0 Å². The molecule has 0 saturated heterocycles. The number of carbonyl (C=O) groups excluding carboxylic acids is 1. The van der Waals surface area contributed by atoms with Crippen molar-refractivity contribution in [2.24, 2.45) is 0 Å². The zero-order chi connectivity index (χ0) is 21.9. The number of aldehydes is 1. The van der Waals surface area contributed by atoms with E-state index < -0.39 is 18.1 Å². The lowest BCUT2D eigenvalue weighted by atomic mass is 10.0. The molecule has 0 amide bonds. The molecular formula is C21H12F6O3. The molecule has 156 valence electrons. The topological polar surface area (TPSA) is 35.5 Å². The van der Waals surface area contributed by atoms with E-state index in [1.165, 1.54) is 24.3 Å². The van der Waals surface area contributed by atoms with Gasteiger partial charge in [0.25, 0.3) is 0 Å². The van der Waals surface area contributed by atoms with Crippen LogP contribution in [0.1, 0.15) is 15.9 Å². The molecule has 3 aromatic carbocycles. The van der Waals surface area contributed by atoms with E-state index in [-0.39, 0.29) is 22.8 Å². The van der Waals surface area contributed by atoms with Crippen LogP contribution in [0.15, 0.2) is 66.7 Å². The van der Waals surface area contributed by atoms with E-state index in [1.54, 1.807) is 6.07 Å². The molecule has 0 bridgehead atoms. The Morgan fingerprint density at radius 2 is 1.27 bits per heavy atom. The summed E-state index contributed by atoms with van der Waals surface area (Å²) in [5, 5.41) is 0. The summed E-state index contributed by atoms with van der Waals surface area (Å²) < 4.78 is 83.9. The average molecular weight is 426 g/mol. The predicted octanol–water partition coefficient (Wildman–Crippen LogP) is 6.88. The first-order valence-corrected chi connectivity index (χ1v) is 8.36. The standard InChI is InChI=1S/C21H12F6O3/c22-20(23,24)16-4-8-17(9-5-16)29-19-10-3-14(11-15(19)12-28)13-1-6-18(7-2-13)30-21(25,26)27/h1-12H. The fourth-order valence-corrected chi connectivity index (χ4v) is 2.60. The van der Waals surface area contributed by atoms with E-state index in [1.807, 2.05) is 0 Å². The molecule has 0 N–H and O–H groups in total. The van der Waals surface area contributed by atoms with Crippen LogP contribution < -0.4 is 9.47 Å².